The molecule has 3 rings (SSSR count). The fourth-order valence-electron chi connectivity index (χ4n) is 2.88. The Balaban J connectivity index is 1.83. The molecule has 0 unspecified atom stereocenters. The van der Waals surface area contributed by atoms with E-state index in [4.69, 9.17) is 14.2 Å². The van der Waals surface area contributed by atoms with Crippen molar-refractivity contribution in [2.75, 3.05) is 0 Å². The second kappa shape index (κ2) is 6.13. The topological polar surface area (TPSA) is 123 Å². The summed E-state index contributed by atoms with van der Waals surface area (Å²) in [6, 6.07) is 5.95. The van der Waals surface area contributed by atoms with Gasteiger partial charge in [0.1, 0.15) is 12.2 Å². The molecule has 25 heavy (non-hydrogen) atoms. The van der Waals surface area contributed by atoms with Crippen LogP contribution in [0, 0.1) is 6.92 Å². The number of aliphatic hydroxyl groups excluding tert-OH is 1. The van der Waals surface area contributed by atoms with E-state index in [0.717, 1.165) is 5.56 Å². The van der Waals surface area contributed by atoms with Crippen LogP contribution >= 0.6 is 10.6 Å². The van der Waals surface area contributed by atoms with Gasteiger partial charge in [-0.25, -0.2) is 0 Å². The fourth-order valence-corrected chi connectivity index (χ4v) is 4.01. The number of rotatable bonds is 3. The lowest BCUT2D eigenvalue weighted by atomic mass is 10.1. The summed E-state index contributed by atoms with van der Waals surface area (Å²) < 4.78 is 36.6. The summed E-state index contributed by atoms with van der Waals surface area (Å²) >= 11 is 0. The van der Waals surface area contributed by atoms with Crippen LogP contribution in [0.5, 0.6) is 0 Å². The first-order valence-electron chi connectivity index (χ1n) is 7.65. The van der Waals surface area contributed by atoms with Crippen molar-refractivity contribution in [3.05, 3.63) is 29.8 Å². The average Bonchev–Trinajstić information content (AvgIpc) is 3.00. The maximum absolute atomic E-state index is 12.5. The van der Waals surface area contributed by atoms with Gasteiger partial charge in [-0.3, -0.25) is 18.7 Å². The summed E-state index contributed by atoms with van der Waals surface area (Å²) in [6.07, 6.45) is -4.85. The van der Waals surface area contributed by atoms with Gasteiger partial charge in [-0.2, -0.15) is 0 Å². The summed E-state index contributed by atoms with van der Waals surface area (Å²) in [5.74, 6) is -2.23. The maximum atomic E-state index is 12.5. The van der Waals surface area contributed by atoms with Crippen LogP contribution < -0.4 is 0 Å². The molecular weight excluding hydrogens is 352 g/mol. The maximum Gasteiger partial charge on any atom is 0.313 e. The molecule has 2 fully saturated rings. The molecule has 1 aromatic carbocycles. The van der Waals surface area contributed by atoms with Crippen molar-refractivity contribution >= 4 is 21.5 Å². The van der Waals surface area contributed by atoms with Crippen molar-refractivity contribution in [2.45, 2.75) is 56.1 Å². The van der Waals surface area contributed by atoms with E-state index < -0.39 is 51.9 Å². The van der Waals surface area contributed by atoms with Crippen molar-refractivity contribution in [3.8, 4) is 0 Å². The number of benzene rings is 1. The number of hydrogen-bond donors (Lipinski definition) is 3. The van der Waals surface area contributed by atoms with Crippen LogP contribution in [-0.2, 0) is 23.8 Å². The Morgan fingerprint density at radius 1 is 1.08 bits per heavy atom. The fraction of sp³-hybridized carbons (Fsp3) is 0.500. The molecule has 0 aliphatic carbocycles. The van der Waals surface area contributed by atoms with Gasteiger partial charge in [0.15, 0.2) is 18.2 Å². The van der Waals surface area contributed by atoms with Crippen molar-refractivity contribution in [1.82, 2.24) is 0 Å². The average molecular weight is 372 g/mol. The lowest BCUT2D eigenvalue weighted by Gasteiger charge is -2.30. The van der Waals surface area contributed by atoms with Crippen LogP contribution in [0.3, 0.4) is 0 Å². The van der Waals surface area contributed by atoms with E-state index >= 15 is 0 Å². The molecule has 0 spiro atoms. The Morgan fingerprint density at radius 3 is 2.24 bits per heavy atom. The van der Waals surface area contributed by atoms with E-state index in [0.29, 0.717) is 0 Å². The smallest absolute Gasteiger partial charge is 0.313 e. The zero-order valence-electron chi connectivity index (χ0n) is 13.9. The standard InChI is InChI=1S/C16H20O8S/c1-8-4-6-9(7-5-8)25(20,21)15(19)10(17)11-12-13(14(18)22-11)24-16(2,3)23-12/h4-7,11-14,18,20-21H,1-3H3/t11-,12+,13+,14+/m1/s1. The van der Waals surface area contributed by atoms with E-state index in [1.807, 2.05) is 0 Å². The monoisotopic (exact) mass is 372 g/mol. The summed E-state index contributed by atoms with van der Waals surface area (Å²) in [5.41, 5.74) is 0.863. The van der Waals surface area contributed by atoms with Gasteiger partial charge in [0.05, 0.1) is 4.90 Å². The predicted molar refractivity (Wildman–Crippen MR) is 87.0 cm³/mol. The summed E-state index contributed by atoms with van der Waals surface area (Å²) in [4.78, 5) is 24.9. The number of Topliss-reactive ketones (excluding diaryl/α,β-unsaturated/α-hetero) is 1. The van der Waals surface area contributed by atoms with Crippen molar-refractivity contribution < 1.29 is 38.0 Å². The SMILES string of the molecule is Cc1ccc(S(O)(O)C(=O)C(=O)[C@H]2O[C@H](O)[C@H]3OC(C)(C)O[C@H]32)cc1. The Morgan fingerprint density at radius 2 is 1.64 bits per heavy atom. The largest absolute Gasteiger partial charge is 0.366 e. The van der Waals surface area contributed by atoms with Crippen molar-refractivity contribution in [2.24, 2.45) is 0 Å². The van der Waals surface area contributed by atoms with E-state index in [9.17, 15) is 23.8 Å². The first-order valence-corrected chi connectivity index (χ1v) is 9.20. The number of carbonyl (C=O) groups excluding carboxylic acids is 2. The minimum atomic E-state index is -4.01. The third-order valence-corrected chi connectivity index (χ3v) is 5.74. The first-order chi connectivity index (χ1) is 11.5. The van der Waals surface area contributed by atoms with Crippen LogP contribution in [0.1, 0.15) is 19.4 Å². The minimum absolute atomic E-state index is 0.0598. The molecule has 138 valence electrons. The second-order valence-electron chi connectivity index (χ2n) is 6.53. The zero-order chi connectivity index (χ0) is 18.6. The molecule has 0 radical (unpaired) electrons. The molecule has 2 aliphatic heterocycles. The molecule has 2 saturated heterocycles. The number of ketones is 1. The van der Waals surface area contributed by atoms with Gasteiger partial charge >= 0.3 is 5.12 Å². The normalized spacial score (nSPS) is 31.6. The minimum Gasteiger partial charge on any atom is -0.366 e. The highest BCUT2D eigenvalue weighted by atomic mass is 32.3. The molecular formula is C16H20O8S. The predicted octanol–water partition coefficient (Wildman–Crippen LogP) is 1.44. The molecule has 9 heteroatoms. The van der Waals surface area contributed by atoms with Gasteiger partial charge in [-0.05, 0) is 32.9 Å². The van der Waals surface area contributed by atoms with E-state index in [2.05, 4.69) is 0 Å². The molecule has 0 bridgehead atoms. The highest BCUT2D eigenvalue weighted by Gasteiger charge is 2.58. The number of ether oxygens (including phenoxy) is 3. The van der Waals surface area contributed by atoms with Gasteiger partial charge in [0.2, 0.25) is 0 Å². The number of fused-ring (bicyclic) bond motifs is 1. The molecule has 1 aromatic rings. The Hall–Kier alpha value is -1.33. The summed E-state index contributed by atoms with van der Waals surface area (Å²) in [5, 5.41) is 8.49. The van der Waals surface area contributed by atoms with Crippen molar-refractivity contribution in [3.63, 3.8) is 0 Å². The number of carbonyl (C=O) groups is 2. The van der Waals surface area contributed by atoms with Gasteiger partial charge in [0.25, 0.3) is 5.78 Å². The Bertz CT molecular complexity index is 699. The Labute approximate surface area is 146 Å². The third kappa shape index (κ3) is 3.24. The van der Waals surface area contributed by atoms with E-state index in [-0.39, 0.29) is 4.90 Å². The summed E-state index contributed by atoms with van der Waals surface area (Å²) in [6.45, 7) is 5.00. The van der Waals surface area contributed by atoms with E-state index in [1.165, 1.54) is 12.1 Å². The third-order valence-electron chi connectivity index (χ3n) is 4.10. The van der Waals surface area contributed by atoms with Crippen LogP contribution in [0.25, 0.3) is 0 Å². The number of aliphatic hydroxyl groups is 1. The second-order valence-corrected chi connectivity index (χ2v) is 8.47. The molecule has 4 atom stereocenters. The summed E-state index contributed by atoms with van der Waals surface area (Å²) in [7, 11) is -4.01. The molecule has 8 nitrogen and oxygen atoms in total. The highest BCUT2D eigenvalue weighted by Crippen LogP contribution is 2.50. The lowest BCUT2D eigenvalue weighted by molar-refractivity contribution is -0.218. The first kappa shape index (κ1) is 18.5. The Kier molecular flexibility index (Phi) is 4.53. The van der Waals surface area contributed by atoms with Gasteiger partial charge in [-0.15, -0.1) is 10.6 Å². The van der Waals surface area contributed by atoms with Gasteiger partial charge < -0.3 is 19.3 Å². The van der Waals surface area contributed by atoms with Crippen LogP contribution in [0.15, 0.2) is 29.2 Å². The molecule has 3 N–H and O–H groups in total. The molecule has 0 amide bonds. The van der Waals surface area contributed by atoms with Gasteiger partial charge in [-0.1, -0.05) is 17.7 Å². The highest BCUT2D eigenvalue weighted by molar-refractivity contribution is 8.38. The number of aryl methyl sites for hydroxylation is 1. The molecule has 0 saturated carbocycles. The van der Waals surface area contributed by atoms with Gasteiger partial charge in [0, 0.05) is 0 Å². The van der Waals surface area contributed by atoms with Crippen LogP contribution in [0.4, 0.5) is 0 Å². The molecule has 2 aliphatic rings. The quantitative estimate of drug-likeness (QED) is 0.681. The van der Waals surface area contributed by atoms with Crippen LogP contribution in [-0.4, -0.2) is 55.5 Å². The molecule has 2 heterocycles. The van der Waals surface area contributed by atoms with E-state index in [1.54, 1.807) is 32.9 Å². The lowest BCUT2D eigenvalue weighted by Crippen LogP contribution is -2.40. The number of hydrogen-bond acceptors (Lipinski definition) is 8. The molecule has 0 aromatic heterocycles. The van der Waals surface area contributed by atoms with Crippen LogP contribution in [0.2, 0.25) is 0 Å². The zero-order valence-corrected chi connectivity index (χ0v) is 14.7. The van der Waals surface area contributed by atoms with Crippen molar-refractivity contribution in [1.29, 1.82) is 0 Å².